The molecule has 18 heavy (non-hydrogen) atoms. The summed E-state index contributed by atoms with van der Waals surface area (Å²) in [5, 5.41) is 0. The summed E-state index contributed by atoms with van der Waals surface area (Å²) in [5.74, 6) is 1.59. The highest BCUT2D eigenvalue weighted by atomic mass is 14.1. The van der Waals surface area contributed by atoms with E-state index in [-0.39, 0.29) is 0 Å². The molecule has 0 aromatic rings. The van der Waals surface area contributed by atoms with E-state index in [0.29, 0.717) is 5.92 Å². The maximum atomic E-state index is 3.72. The van der Waals surface area contributed by atoms with E-state index in [1.54, 1.807) is 0 Å². The molecule has 0 saturated carbocycles. The van der Waals surface area contributed by atoms with Gasteiger partial charge in [-0.1, -0.05) is 92.0 Å². The van der Waals surface area contributed by atoms with E-state index in [4.69, 9.17) is 0 Å². The molecule has 0 saturated heterocycles. The van der Waals surface area contributed by atoms with Gasteiger partial charge in [-0.25, -0.2) is 0 Å². The van der Waals surface area contributed by atoms with Crippen molar-refractivity contribution in [3.05, 3.63) is 24.3 Å². The van der Waals surface area contributed by atoms with Crippen LogP contribution in [0.3, 0.4) is 0 Å². The molecule has 0 heterocycles. The van der Waals surface area contributed by atoms with Crippen molar-refractivity contribution in [3.8, 4) is 0 Å². The summed E-state index contributed by atoms with van der Waals surface area (Å²) in [7, 11) is 0. The molecule has 0 nitrogen and oxygen atoms in total. The van der Waals surface area contributed by atoms with Gasteiger partial charge >= 0.3 is 0 Å². The van der Waals surface area contributed by atoms with Crippen LogP contribution in [0.1, 0.15) is 81.1 Å². The van der Waals surface area contributed by atoms with E-state index in [0.717, 1.165) is 5.92 Å². The molecule has 2 atom stereocenters. The molecule has 0 N–H and O–H groups in total. The molecule has 0 aliphatic carbocycles. The number of rotatable bonds is 6. The second-order valence-electron chi connectivity index (χ2n) is 4.85. The van der Waals surface area contributed by atoms with Crippen LogP contribution in [0.4, 0.5) is 0 Å². The van der Waals surface area contributed by atoms with E-state index in [1.165, 1.54) is 31.3 Å². The molecule has 0 aliphatic rings. The van der Waals surface area contributed by atoms with E-state index in [9.17, 15) is 0 Å². The third-order valence-corrected chi connectivity index (χ3v) is 2.95. The van der Waals surface area contributed by atoms with Crippen LogP contribution < -0.4 is 0 Å². The van der Waals surface area contributed by atoms with E-state index in [2.05, 4.69) is 54.2 Å². The Hall–Kier alpha value is -0.520. The smallest absolute Gasteiger partial charge is 0.0231 e. The standard InChI is InChI=1S/C13H24.C3H8.C2H6/c1-6-8-12(4)13(5)10-9-11(3)7-2;1-3-2;1-2/h6,8,11,13H,1,7,9-10H2,2-5H3;3H2,1-2H3;1-2H3/b12-8+;;. The Morgan fingerprint density at radius 1 is 1.06 bits per heavy atom. The summed E-state index contributed by atoms with van der Waals surface area (Å²) in [6.45, 7) is 21.1. The van der Waals surface area contributed by atoms with Gasteiger partial charge in [-0.3, -0.25) is 0 Å². The highest BCUT2D eigenvalue weighted by Crippen LogP contribution is 2.20. The molecule has 0 fully saturated rings. The molecule has 110 valence electrons. The van der Waals surface area contributed by atoms with Crippen LogP contribution in [-0.2, 0) is 0 Å². The summed E-state index contributed by atoms with van der Waals surface area (Å²) in [4.78, 5) is 0. The minimum atomic E-state index is 0.715. The van der Waals surface area contributed by atoms with Crippen molar-refractivity contribution < 1.29 is 0 Å². The van der Waals surface area contributed by atoms with Crippen LogP contribution in [0.25, 0.3) is 0 Å². The van der Waals surface area contributed by atoms with Crippen LogP contribution in [0, 0.1) is 11.8 Å². The average molecular weight is 255 g/mol. The fraction of sp³-hybridized carbons (Fsp3) is 0.778. The summed E-state index contributed by atoms with van der Waals surface area (Å²) in [6.07, 6.45) is 9.22. The molecule has 0 amide bonds. The van der Waals surface area contributed by atoms with Gasteiger partial charge in [0.15, 0.2) is 0 Å². The third kappa shape index (κ3) is 17.9. The Bertz CT molecular complexity index is 176. The zero-order chi connectivity index (χ0) is 15.0. The number of allylic oxidation sites excluding steroid dienone is 3. The van der Waals surface area contributed by atoms with Gasteiger partial charge in [-0.15, -0.1) is 0 Å². The predicted octanol–water partition coefficient (Wildman–Crippen LogP) is 7.02. The van der Waals surface area contributed by atoms with Crippen LogP contribution in [-0.4, -0.2) is 0 Å². The highest BCUT2D eigenvalue weighted by Gasteiger charge is 2.06. The Morgan fingerprint density at radius 2 is 1.50 bits per heavy atom. The Morgan fingerprint density at radius 3 is 1.83 bits per heavy atom. The summed E-state index contributed by atoms with van der Waals surface area (Å²) in [5.41, 5.74) is 1.46. The van der Waals surface area contributed by atoms with Crippen LogP contribution >= 0.6 is 0 Å². The minimum Gasteiger partial charge on any atom is -0.0991 e. The Balaban J connectivity index is -0.000000389. The molecule has 0 aliphatic heterocycles. The van der Waals surface area contributed by atoms with Crippen LogP contribution in [0.15, 0.2) is 24.3 Å². The molecule has 0 spiro atoms. The van der Waals surface area contributed by atoms with Gasteiger partial charge < -0.3 is 0 Å². The Kier molecular flexibility index (Phi) is 23.7. The van der Waals surface area contributed by atoms with Crippen LogP contribution in [0.2, 0.25) is 0 Å². The van der Waals surface area contributed by atoms with Gasteiger partial charge in [0.2, 0.25) is 0 Å². The lowest BCUT2D eigenvalue weighted by Crippen LogP contribution is -2.00. The molecule has 0 aromatic carbocycles. The Labute approximate surface area is 118 Å². The zero-order valence-corrected chi connectivity index (χ0v) is 14.3. The maximum Gasteiger partial charge on any atom is -0.0231 e. The van der Waals surface area contributed by atoms with E-state index in [1.807, 2.05) is 19.9 Å². The number of hydrogen-bond acceptors (Lipinski definition) is 0. The van der Waals surface area contributed by atoms with Crippen LogP contribution in [0.5, 0.6) is 0 Å². The van der Waals surface area contributed by atoms with Crippen molar-refractivity contribution in [2.45, 2.75) is 81.1 Å². The molecule has 0 rings (SSSR count). The fourth-order valence-electron chi connectivity index (χ4n) is 1.32. The lowest BCUT2D eigenvalue weighted by atomic mass is 9.92. The van der Waals surface area contributed by atoms with E-state index >= 15 is 0 Å². The van der Waals surface area contributed by atoms with Crippen molar-refractivity contribution in [2.75, 3.05) is 0 Å². The van der Waals surface area contributed by atoms with Gasteiger partial charge in [-0.2, -0.15) is 0 Å². The normalized spacial score (nSPS) is 13.4. The van der Waals surface area contributed by atoms with Crippen molar-refractivity contribution in [1.29, 1.82) is 0 Å². The lowest BCUT2D eigenvalue weighted by Gasteiger charge is -2.14. The van der Waals surface area contributed by atoms with Gasteiger partial charge in [0.1, 0.15) is 0 Å². The summed E-state index contributed by atoms with van der Waals surface area (Å²) >= 11 is 0. The fourth-order valence-corrected chi connectivity index (χ4v) is 1.32. The highest BCUT2D eigenvalue weighted by molar-refractivity contribution is 5.10. The lowest BCUT2D eigenvalue weighted by molar-refractivity contribution is 0.451. The van der Waals surface area contributed by atoms with Crippen molar-refractivity contribution >= 4 is 0 Å². The first kappa shape index (κ1) is 22.6. The van der Waals surface area contributed by atoms with Crippen molar-refractivity contribution in [2.24, 2.45) is 11.8 Å². The quantitative estimate of drug-likeness (QED) is 0.447. The SMILES string of the molecule is C=C/C=C(\C)C(C)CCC(C)CC.CC.CCC. The second kappa shape index (κ2) is 18.8. The first-order valence-electron chi connectivity index (χ1n) is 7.82. The molecule has 0 bridgehead atoms. The molecule has 0 aromatic heterocycles. The zero-order valence-electron chi connectivity index (χ0n) is 14.3. The third-order valence-electron chi connectivity index (χ3n) is 2.95. The second-order valence-corrected chi connectivity index (χ2v) is 4.85. The maximum absolute atomic E-state index is 3.72. The van der Waals surface area contributed by atoms with Gasteiger partial charge in [0, 0.05) is 0 Å². The summed E-state index contributed by atoms with van der Waals surface area (Å²) in [6, 6.07) is 0. The summed E-state index contributed by atoms with van der Waals surface area (Å²) < 4.78 is 0. The largest absolute Gasteiger partial charge is 0.0991 e. The van der Waals surface area contributed by atoms with E-state index < -0.39 is 0 Å². The average Bonchev–Trinajstić information content (AvgIpc) is 2.39. The van der Waals surface area contributed by atoms with Gasteiger partial charge in [-0.05, 0) is 25.2 Å². The molecule has 0 heteroatoms. The monoisotopic (exact) mass is 254 g/mol. The number of hydrogen-bond donors (Lipinski definition) is 0. The van der Waals surface area contributed by atoms with Gasteiger partial charge in [0.05, 0.1) is 0 Å². The molecule has 0 radical (unpaired) electrons. The topological polar surface area (TPSA) is 0 Å². The predicted molar refractivity (Wildman–Crippen MR) is 89.1 cm³/mol. The minimum absolute atomic E-state index is 0.715. The first-order valence-corrected chi connectivity index (χ1v) is 7.82. The first-order chi connectivity index (χ1) is 8.53. The molecule has 2 unspecified atom stereocenters. The van der Waals surface area contributed by atoms with Gasteiger partial charge in [0.25, 0.3) is 0 Å². The molecular weight excluding hydrogens is 216 g/mol. The van der Waals surface area contributed by atoms with Crippen molar-refractivity contribution in [3.63, 3.8) is 0 Å². The van der Waals surface area contributed by atoms with Crippen molar-refractivity contribution in [1.82, 2.24) is 0 Å². The molecular formula is C18H38.